The number of nitrogens with one attached hydrogen (secondary N) is 1. The van der Waals surface area contributed by atoms with Crippen LogP contribution in [0.1, 0.15) is 27.9 Å². The summed E-state index contributed by atoms with van der Waals surface area (Å²) in [6, 6.07) is 8.74. The molecule has 2 N–H and O–H groups in total. The fraction of sp³-hybridized carbons (Fsp3) is 0.292. The molecule has 0 spiro atoms. The number of rotatable bonds is 4. The number of carbonyl (C=O) groups is 1. The van der Waals surface area contributed by atoms with E-state index in [1.807, 2.05) is 18.2 Å². The quantitative estimate of drug-likeness (QED) is 0.378. The van der Waals surface area contributed by atoms with Crippen molar-refractivity contribution in [1.82, 2.24) is 14.9 Å². The highest BCUT2D eigenvalue weighted by atomic mass is 19.4. The van der Waals surface area contributed by atoms with Crippen LogP contribution in [0.5, 0.6) is 0 Å². The average molecular weight is 514 g/mol. The summed E-state index contributed by atoms with van der Waals surface area (Å²) < 4.78 is 40.3. The van der Waals surface area contributed by atoms with Gasteiger partial charge >= 0.3 is 12.3 Å². The first-order valence-electron chi connectivity index (χ1n) is 11.4. The third kappa shape index (κ3) is 4.84. The molecule has 5 rings (SSSR count). The van der Waals surface area contributed by atoms with Gasteiger partial charge in [0, 0.05) is 42.6 Å². The lowest BCUT2D eigenvalue weighted by Gasteiger charge is -2.31. The van der Waals surface area contributed by atoms with Gasteiger partial charge in [-0.05, 0) is 48.2 Å². The largest absolute Gasteiger partial charge is 0.465 e. The maximum absolute atomic E-state index is 13.4. The van der Waals surface area contributed by atoms with Crippen molar-refractivity contribution in [3.8, 4) is 0 Å². The smallest absolute Gasteiger partial charge is 0.423 e. The van der Waals surface area contributed by atoms with Crippen molar-refractivity contribution in [3.05, 3.63) is 80.8 Å². The van der Waals surface area contributed by atoms with Gasteiger partial charge in [-0.25, -0.2) is 14.8 Å². The van der Waals surface area contributed by atoms with Crippen molar-refractivity contribution in [2.45, 2.75) is 32.1 Å². The van der Waals surface area contributed by atoms with Crippen molar-refractivity contribution in [1.29, 1.82) is 0 Å². The molecule has 13 heteroatoms. The number of hydrogen-bond acceptors (Lipinski definition) is 7. The molecule has 2 aliphatic rings. The van der Waals surface area contributed by atoms with Crippen molar-refractivity contribution < 1.29 is 28.0 Å². The van der Waals surface area contributed by atoms with Crippen LogP contribution < -0.4 is 10.2 Å². The molecule has 2 aromatic carbocycles. The molecule has 1 amide bonds. The fourth-order valence-electron chi connectivity index (χ4n) is 4.72. The molecule has 0 bridgehead atoms. The van der Waals surface area contributed by atoms with E-state index >= 15 is 0 Å². The van der Waals surface area contributed by atoms with Gasteiger partial charge in [-0.15, -0.1) is 0 Å². The summed E-state index contributed by atoms with van der Waals surface area (Å²) in [5, 5.41) is 23.6. The van der Waals surface area contributed by atoms with Crippen LogP contribution >= 0.6 is 0 Å². The Hall–Kier alpha value is -4.42. The minimum atomic E-state index is -4.86. The number of anilines is 3. The number of hydrogen-bond donors (Lipinski definition) is 2. The monoisotopic (exact) mass is 514 g/mol. The summed E-state index contributed by atoms with van der Waals surface area (Å²) in [7, 11) is 0. The topological polar surface area (TPSA) is 125 Å². The number of nitrogens with zero attached hydrogens (tertiary/aromatic N) is 5. The van der Waals surface area contributed by atoms with Crippen LogP contribution in [0.3, 0.4) is 0 Å². The zero-order valence-corrected chi connectivity index (χ0v) is 19.3. The van der Waals surface area contributed by atoms with Gasteiger partial charge in [0.2, 0.25) is 0 Å². The second-order valence-electron chi connectivity index (χ2n) is 8.84. The summed E-state index contributed by atoms with van der Waals surface area (Å²) in [6.07, 6.45) is -3.38. The van der Waals surface area contributed by atoms with E-state index in [4.69, 9.17) is 0 Å². The third-order valence-corrected chi connectivity index (χ3v) is 6.61. The molecule has 37 heavy (non-hydrogen) atoms. The van der Waals surface area contributed by atoms with E-state index in [2.05, 4.69) is 15.3 Å². The number of halogens is 3. The normalized spacial score (nSPS) is 15.1. The predicted octanol–water partition coefficient (Wildman–Crippen LogP) is 4.75. The summed E-state index contributed by atoms with van der Waals surface area (Å²) in [5.41, 5.74) is 2.12. The van der Waals surface area contributed by atoms with Crippen LogP contribution in [-0.2, 0) is 32.1 Å². The van der Waals surface area contributed by atoms with Crippen LogP contribution in [0.15, 0.2) is 42.7 Å². The Morgan fingerprint density at radius 3 is 2.59 bits per heavy atom. The molecule has 0 atom stereocenters. The second kappa shape index (κ2) is 9.22. The first-order chi connectivity index (χ1) is 17.6. The van der Waals surface area contributed by atoms with E-state index in [-0.39, 0.29) is 12.2 Å². The summed E-state index contributed by atoms with van der Waals surface area (Å²) in [6.45, 7) is 1.32. The van der Waals surface area contributed by atoms with Crippen molar-refractivity contribution >= 4 is 29.0 Å². The minimum absolute atomic E-state index is 0.208. The molecular formula is C24H21F3N6O4. The molecule has 3 heterocycles. The van der Waals surface area contributed by atoms with Gasteiger partial charge in [-0.2, -0.15) is 13.2 Å². The fourth-order valence-corrected chi connectivity index (χ4v) is 4.72. The highest BCUT2D eigenvalue weighted by Gasteiger charge is 2.39. The Labute approximate surface area is 208 Å². The van der Waals surface area contributed by atoms with E-state index in [9.17, 15) is 33.2 Å². The number of benzene rings is 2. The lowest BCUT2D eigenvalue weighted by Crippen LogP contribution is -2.34. The van der Waals surface area contributed by atoms with Gasteiger partial charge in [0.25, 0.3) is 5.69 Å². The number of nitro groups is 1. The number of amides is 1. The van der Waals surface area contributed by atoms with Crippen molar-refractivity contribution in [2.24, 2.45) is 0 Å². The van der Waals surface area contributed by atoms with Gasteiger partial charge in [-0.3, -0.25) is 10.1 Å². The first kappa shape index (κ1) is 24.3. The zero-order chi connectivity index (χ0) is 26.3. The third-order valence-electron chi connectivity index (χ3n) is 6.61. The van der Waals surface area contributed by atoms with Crippen molar-refractivity contribution in [2.75, 3.05) is 23.3 Å². The van der Waals surface area contributed by atoms with Crippen LogP contribution in [0.25, 0.3) is 0 Å². The van der Waals surface area contributed by atoms with E-state index in [0.717, 1.165) is 34.5 Å². The predicted molar refractivity (Wildman–Crippen MR) is 127 cm³/mol. The van der Waals surface area contributed by atoms with Gasteiger partial charge < -0.3 is 20.2 Å². The number of nitro benzene ring substituents is 1. The molecule has 1 aromatic heterocycles. The van der Waals surface area contributed by atoms with Crippen LogP contribution in [-0.4, -0.2) is 44.1 Å². The highest BCUT2D eigenvalue weighted by Crippen LogP contribution is 2.39. The molecular weight excluding hydrogens is 493 g/mol. The average Bonchev–Trinajstić information content (AvgIpc) is 2.87. The summed E-state index contributed by atoms with van der Waals surface area (Å²) in [5.74, 6) is 0.565. The Morgan fingerprint density at radius 2 is 1.86 bits per heavy atom. The van der Waals surface area contributed by atoms with E-state index in [1.165, 1.54) is 17.3 Å². The van der Waals surface area contributed by atoms with Gasteiger partial charge in [-0.1, -0.05) is 6.07 Å². The van der Waals surface area contributed by atoms with Crippen molar-refractivity contribution in [3.63, 3.8) is 0 Å². The Kier molecular flexibility index (Phi) is 6.05. The molecule has 0 aliphatic carbocycles. The van der Waals surface area contributed by atoms with Gasteiger partial charge in [0.05, 0.1) is 17.2 Å². The summed E-state index contributed by atoms with van der Waals surface area (Å²) >= 11 is 0. The van der Waals surface area contributed by atoms with Gasteiger partial charge in [0.1, 0.15) is 17.7 Å². The number of aromatic nitrogens is 2. The number of fused-ring (bicyclic) bond motifs is 2. The van der Waals surface area contributed by atoms with E-state index < -0.39 is 28.4 Å². The van der Waals surface area contributed by atoms with E-state index in [1.54, 1.807) is 4.90 Å². The maximum Gasteiger partial charge on any atom is 0.423 e. The standard InChI is InChI=1S/C24H21F3N6O4/c25-24(26,27)19-10-17(3-4-21(19)33(36)37)31-8-6-18-20(12-31)28-13-29-22(18)30-16-2-1-14-5-7-32(23(34)35)11-15(14)9-16/h1-4,9-10,13H,5-8,11-12H2,(H,34,35)(H,28,29,30). The molecule has 3 aromatic rings. The SMILES string of the molecule is O=C(O)N1CCc2ccc(Nc3ncnc4c3CCN(c3ccc([N+](=O)[O-])c(C(F)(F)F)c3)C4)cc2C1. The van der Waals surface area contributed by atoms with Crippen LogP contribution in [0.4, 0.5) is 40.8 Å². The lowest BCUT2D eigenvalue weighted by molar-refractivity contribution is -0.388. The second-order valence-corrected chi connectivity index (χ2v) is 8.84. The molecule has 0 saturated heterocycles. The minimum Gasteiger partial charge on any atom is -0.465 e. The van der Waals surface area contributed by atoms with E-state index in [0.29, 0.717) is 44.0 Å². The first-order valence-corrected chi connectivity index (χ1v) is 11.4. The molecule has 0 saturated carbocycles. The van der Waals surface area contributed by atoms with Gasteiger partial charge in [0.15, 0.2) is 0 Å². The molecule has 0 unspecified atom stereocenters. The Morgan fingerprint density at radius 1 is 1.05 bits per heavy atom. The molecule has 2 aliphatic heterocycles. The lowest BCUT2D eigenvalue weighted by atomic mass is 9.99. The van der Waals surface area contributed by atoms with Crippen LogP contribution in [0.2, 0.25) is 0 Å². The molecule has 0 fully saturated rings. The number of alkyl halides is 3. The number of carboxylic acid groups (broad SMARTS) is 1. The Balaban J connectivity index is 1.38. The molecule has 10 nitrogen and oxygen atoms in total. The zero-order valence-electron chi connectivity index (χ0n) is 19.3. The molecule has 192 valence electrons. The van der Waals surface area contributed by atoms with Crippen LogP contribution in [0, 0.1) is 10.1 Å². The maximum atomic E-state index is 13.4. The summed E-state index contributed by atoms with van der Waals surface area (Å²) in [4.78, 5) is 33.1. The highest BCUT2D eigenvalue weighted by molar-refractivity contribution is 5.67. The Bertz CT molecular complexity index is 1400. The molecule has 0 radical (unpaired) electrons.